The number of rotatable bonds is 2. The summed E-state index contributed by atoms with van der Waals surface area (Å²) in [4.78, 5) is 0. The highest BCUT2D eigenvalue weighted by molar-refractivity contribution is 4.97. The van der Waals surface area contributed by atoms with Crippen molar-refractivity contribution in [1.82, 2.24) is 0 Å². The first-order valence-corrected chi connectivity index (χ1v) is 5.39. The van der Waals surface area contributed by atoms with Gasteiger partial charge < -0.3 is 0 Å². The third kappa shape index (κ3) is 1.30. The molecule has 72 valence electrons. The molecule has 1 rings (SSSR count). The summed E-state index contributed by atoms with van der Waals surface area (Å²) in [7, 11) is 0. The monoisotopic (exact) mass is 168 g/mol. The molecule has 1 aliphatic carbocycles. The van der Waals surface area contributed by atoms with Gasteiger partial charge in [0, 0.05) is 0 Å². The molecule has 0 heterocycles. The van der Waals surface area contributed by atoms with Gasteiger partial charge in [-0.3, -0.25) is 0 Å². The SMILES string of the molecule is CC(C)C(C)C1(C)CC(C)C1C. The number of hydrogen-bond donors (Lipinski definition) is 0. The fourth-order valence-corrected chi connectivity index (χ4v) is 2.91. The van der Waals surface area contributed by atoms with E-state index in [2.05, 4.69) is 41.5 Å². The van der Waals surface area contributed by atoms with Crippen molar-refractivity contribution in [2.45, 2.75) is 48.0 Å². The van der Waals surface area contributed by atoms with Crippen molar-refractivity contribution in [1.29, 1.82) is 0 Å². The second-order valence-electron chi connectivity index (χ2n) is 5.51. The smallest absolute Gasteiger partial charge is 0.0267 e. The van der Waals surface area contributed by atoms with Crippen LogP contribution in [0.4, 0.5) is 0 Å². The Morgan fingerprint density at radius 3 is 1.92 bits per heavy atom. The summed E-state index contributed by atoms with van der Waals surface area (Å²) < 4.78 is 0. The van der Waals surface area contributed by atoms with Crippen LogP contribution in [-0.4, -0.2) is 0 Å². The Bertz CT molecular complexity index is 159. The molecule has 0 bridgehead atoms. The summed E-state index contributed by atoms with van der Waals surface area (Å²) in [5.74, 6) is 3.60. The third-order valence-corrected chi connectivity index (χ3v) is 4.70. The lowest BCUT2D eigenvalue weighted by Gasteiger charge is -2.55. The van der Waals surface area contributed by atoms with Crippen LogP contribution < -0.4 is 0 Å². The molecule has 12 heavy (non-hydrogen) atoms. The van der Waals surface area contributed by atoms with E-state index in [1.54, 1.807) is 0 Å². The average Bonchev–Trinajstić information content (AvgIpc) is 2.02. The van der Waals surface area contributed by atoms with Crippen molar-refractivity contribution in [2.75, 3.05) is 0 Å². The Balaban J connectivity index is 2.62. The first-order chi connectivity index (χ1) is 5.39. The molecular weight excluding hydrogens is 144 g/mol. The van der Waals surface area contributed by atoms with Gasteiger partial charge in [0.25, 0.3) is 0 Å². The Kier molecular flexibility index (Phi) is 2.56. The van der Waals surface area contributed by atoms with Crippen LogP contribution >= 0.6 is 0 Å². The normalized spacial score (nSPS) is 44.2. The van der Waals surface area contributed by atoms with Gasteiger partial charge in [-0.1, -0.05) is 41.5 Å². The van der Waals surface area contributed by atoms with Crippen LogP contribution in [-0.2, 0) is 0 Å². The molecule has 0 N–H and O–H groups in total. The molecule has 4 atom stereocenters. The van der Waals surface area contributed by atoms with Crippen LogP contribution in [0.25, 0.3) is 0 Å². The first kappa shape index (κ1) is 10.1. The summed E-state index contributed by atoms with van der Waals surface area (Å²) in [5, 5.41) is 0. The van der Waals surface area contributed by atoms with Crippen LogP contribution in [0.5, 0.6) is 0 Å². The Hall–Kier alpha value is 0. The minimum Gasteiger partial charge on any atom is -0.0625 e. The van der Waals surface area contributed by atoms with Gasteiger partial charge in [0.05, 0.1) is 0 Å². The highest BCUT2D eigenvalue weighted by Crippen LogP contribution is 2.56. The highest BCUT2D eigenvalue weighted by Gasteiger charge is 2.48. The second-order valence-corrected chi connectivity index (χ2v) is 5.51. The summed E-state index contributed by atoms with van der Waals surface area (Å²) in [5.41, 5.74) is 0.633. The molecule has 0 radical (unpaired) electrons. The second kappa shape index (κ2) is 3.05. The Morgan fingerprint density at radius 2 is 1.67 bits per heavy atom. The van der Waals surface area contributed by atoms with Crippen LogP contribution in [0, 0.1) is 29.1 Å². The lowest BCUT2D eigenvalue weighted by molar-refractivity contribution is -0.0660. The Labute approximate surface area is 77.7 Å². The molecule has 1 fully saturated rings. The van der Waals surface area contributed by atoms with E-state index in [-0.39, 0.29) is 0 Å². The molecule has 0 spiro atoms. The van der Waals surface area contributed by atoms with Gasteiger partial charge in [-0.2, -0.15) is 0 Å². The topological polar surface area (TPSA) is 0 Å². The average molecular weight is 168 g/mol. The lowest BCUT2D eigenvalue weighted by atomic mass is 9.49. The molecule has 0 aromatic carbocycles. The van der Waals surface area contributed by atoms with Crippen molar-refractivity contribution < 1.29 is 0 Å². The quantitative estimate of drug-likeness (QED) is 0.585. The van der Waals surface area contributed by atoms with Crippen LogP contribution in [0.3, 0.4) is 0 Å². The molecule has 0 amide bonds. The zero-order valence-corrected chi connectivity index (χ0v) is 9.52. The van der Waals surface area contributed by atoms with Crippen LogP contribution in [0.15, 0.2) is 0 Å². The summed E-state index contributed by atoms with van der Waals surface area (Å²) >= 11 is 0. The zero-order chi connectivity index (χ0) is 9.52. The van der Waals surface area contributed by atoms with E-state index in [0.717, 1.165) is 23.7 Å². The molecule has 0 aromatic rings. The lowest BCUT2D eigenvalue weighted by Crippen LogP contribution is -2.48. The van der Waals surface area contributed by atoms with Gasteiger partial charge in [0.15, 0.2) is 0 Å². The molecule has 0 aliphatic heterocycles. The van der Waals surface area contributed by atoms with Crippen molar-refractivity contribution in [3.8, 4) is 0 Å². The van der Waals surface area contributed by atoms with E-state index in [0.29, 0.717) is 5.41 Å². The van der Waals surface area contributed by atoms with Crippen molar-refractivity contribution in [3.63, 3.8) is 0 Å². The first-order valence-electron chi connectivity index (χ1n) is 5.39. The molecule has 0 aromatic heterocycles. The van der Waals surface area contributed by atoms with Gasteiger partial charge in [-0.05, 0) is 35.5 Å². The molecule has 0 nitrogen and oxygen atoms in total. The van der Waals surface area contributed by atoms with E-state index >= 15 is 0 Å². The fraction of sp³-hybridized carbons (Fsp3) is 1.00. The fourth-order valence-electron chi connectivity index (χ4n) is 2.91. The molecule has 0 saturated heterocycles. The highest BCUT2D eigenvalue weighted by atomic mass is 14.5. The zero-order valence-electron chi connectivity index (χ0n) is 9.52. The molecule has 1 aliphatic rings. The standard InChI is InChI=1S/C12H24/c1-8(2)10(4)12(6)7-9(3)11(12)5/h8-11H,7H2,1-6H3. The minimum atomic E-state index is 0.633. The predicted octanol–water partition coefficient (Wildman–Crippen LogP) is 3.96. The maximum Gasteiger partial charge on any atom is -0.0267 e. The van der Waals surface area contributed by atoms with E-state index in [4.69, 9.17) is 0 Å². The Morgan fingerprint density at radius 1 is 1.17 bits per heavy atom. The molecular formula is C12H24. The van der Waals surface area contributed by atoms with Gasteiger partial charge >= 0.3 is 0 Å². The molecule has 1 saturated carbocycles. The van der Waals surface area contributed by atoms with Gasteiger partial charge in [0.1, 0.15) is 0 Å². The third-order valence-electron chi connectivity index (χ3n) is 4.70. The van der Waals surface area contributed by atoms with E-state index in [1.807, 2.05) is 0 Å². The largest absolute Gasteiger partial charge is 0.0625 e. The van der Waals surface area contributed by atoms with E-state index in [1.165, 1.54) is 6.42 Å². The number of hydrogen-bond acceptors (Lipinski definition) is 0. The summed E-state index contributed by atoms with van der Waals surface area (Å²) in [6, 6.07) is 0. The van der Waals surface area contributed by atoms with Crippen LogP contribution in [0.1, 0.15) is 48.0 Å². The molecule has 0 heteroatoms. The van der Waals surface area contributed by atoms with Gasteiger partial charge in [0.2, 0.25) is 0 Å². The molecule has 4 unspecified atom stereocenters. The van der Waals surface area contributed by atoms with Gasteiger partial charge in [-0.15, -0.1) is 0 Å². The predicted molar refractivity (Wildman–Crippen MR) is 55.1 cm³/mol. The summed E-state index contributed by atoms with van der Waals surface area (Å²) in [6.45, 7) is 14.4. The van der Waals surface area contributed by atoms with Crippen molar-refractivity contribution in [3.05, 3.63) is 0 Å². The minimum absolute atomic E-state index is 0.633. The van der Waals surface area contributed by atoms with Crippen LogP contribution in [0.2, 0.25) is 0 Å². The van der Waals surface area contributed by atoms with E-state index < -0.39 is 0 Å². The maximum atomic E-state index is 2.47. The summed E-state index contributed by atoms with van der Waals surface area (Å²) in [6.07, 6.45) is 1.44. The maximum absolute atomic E-state index is 2.47. The van der Waals surface area contributed by atoms with Crippen molar-refractivity contribution in [2.24, 2.45) is 29.1 Å². The van der Waals surface area contributed by atoms with E-state index in [9.17, 15) is 0 Å². The van der Waals surface area contributed by atoms with Gasteiger partial charge in [-0.25, -0.2) is 0 Å². The van der Waals surface area contributed by atoms with Crippen molar-refractivity contribution >= 4 is 0 Å².